The summed E-state index contributed by atoms with van der Waals surface area (Å²) < 4.78 is 2.27. The molecule has 1 aromatic carbocycles. The zero-order valence-corrected chi connectivity index (χ0v) is 15.0. The van der Waals surface area contributed by atoms with Gasteiger partial charge in [0.15, 0.2) is 0 Å². The van der Waals surface area contributed by atoms with Crippen LogP contribution in [-0.2, 0) is 0 Å². The number of benzene rings is 1. The maximum Gasteiger partial charge on any atom is 0.0629 e. The summed E-state index contributed by atoms with van der Waals surface area (Å²) in [5.41, 5.74) is 2.80. The minimum absolute atomic E-state index is 0.0915. The van der Waals surface area contributed by atoms with E-state index in [1.54, 1.807) is 0 Å². The van der Waals surface area contributed by atoms with Gasteiger partial charge in [-0.1, -0.05) is 52.1 Å². The lowest BCUT2D eigenvalue weighted by Crippen LogP contribution is -2.21. The van der Waals surface area contributed by atoms with E-state index >= 15 is 0 Å². The minimum Gasteiger partial charge on any atom is -0.117 e. The van der Waals surface area contributed by atoms with Crippen molar-refractivity contribution in [3.8, 4) is 0 Å². The van der Waals surface area contributed by atoms with Crippen LogP contribution in [0.4, 0.5) is 0 Å². The van der Waals surface area contributed by atoms with Crippen molar-refractivity contribution in [1.29, 1.82) is 0 Å². The van der Waals surface area contributed by atoms with Gasteiger partial charge in [0.25, 0.3) is 0 Å². The van der Waals surface area contributed by atoms with Crippen molar-refractivity contribution in [3.05, 3.63) is 32.2 Å². The normalized spacial score (nSPS) is 24.2. The fraction of sp³-hybridized carbons (Fsp3) is 0.600. The molecular formula is C15H19Br2Cl. The Kier molecular flexibility index (Phi) is 4.51. The van der Waals surface area contributed by atoms with Crippen LogP contribution >= 0.6 is 43.5 Å². The smallest absolute Gasteiger partial charge is 0.0629 e. The summed E-state index contributed by atoms with van der Waals surface area (Å²) in [7, 11) is 0. The van der Waals surface area contributed by atoms with Crippen molar-refractivity contribution in [3.63, 3.8) is 0 Å². The average Bonchev–Trinajstić information content (AvgIpc) is 2.62. The van der Waals surface area contributed by atoms with Gasteiger partial charge in [0.05, 0.1) is 5.38 Å². The zero-order valence-electron chi connectivity index (χ0n) is 11.1. The molecule has 0 radical (unpaired) electrons. The molecule has 2 rings (SSSR count). The molecule has 2 unspecified atom stereocenters. The molecule has 0 nitrogen and oxygen atoms in total. The second kappa shape index (κ2) is 5.46. The lowest BCUT2D eigenvalue weighted by atomic mass is 9.78. The van der Waals surface area contributed by atoms with E-state index in [-0.39, 0.29) is 5.38 Å². The van der Waals surface area contributed by atoms with Gasteiger partial charge >= 0.3 is 0 Å². The molecule has 1 aliphatic rings. The van der Waals surface area contributed by atoms with Crippen LogP contribution in [0.15, 0.2) is 21.1 Å². The molecule has 1 aliphatic carbocycles. The van der Waals surface area contributed by atoms with Gasteiger partial charge in [0, 0.05) is 8.95 Å². The number of aryl methyl sites for hydroxylation is 1. The van der Waals surface area contributed by atoms with E-state index in [1.165, 1.54) is 30.4 Å². The molecule has 0 spiro atoms. The Balaban J connectivity index is 2.34. The Morgan fingerprint density at radius 2 is 1.94 bits per heavy atom. The van der Waals surface area contributed by atoms with Crippen molar-refractivity contribution < 1.29 is 0 Å². The van der Waals surface area contributed by atoms with Crippen molar-refractivity contribution in [2.24, 2.45) is 11.3 Å². The monoisotopic (exact) mass is 392 g/mol. The van der Waals surface area contributed by atoms with Gasteiger partial charge in [0.2, 0.25) is 0 Å². The number of hydrogen-bond acceptors (Lipinski definition) is 0. The zero-order chi connectivity index (χ0) is 13.5. The second-order valence-corrected chi connectivity index (χ2v) is 8.19. The lowest BCUT2D eigenvalue weighted by Gasteiger charge is -2.31. The lowest BCUT2D eigenvalue weighted by molar-refractivity contribution is 0.252. The molecule has 3 heteroatoms. The summed E-state index contributed by atoms with van der Waals surface area (Å²) in [6.45, 7) is 6.79. The van der Waals surface area contributed by atoms with E-state index in [4.69, 9.17) is 11.6 Å². The van der Waals surface area contributed by atoms with Crippen LogP contribution in [0.2, 0.25) is 0 Å². The first-order chi connectivity index (χ1) is 8.33. The summed E-state index contributed by atoms with van der Waals surface area (Å²) in [6.07, 6.45) is 3.82. The summed E-state index contributed by atoms with van der Waals surface area (Å²) in [5, 5.41) is 0.0915. The van der Waals surface area contributed by atoms with Crippen molar-refractivity contribution in [1.82, 2.24) is 0 Å². The number of hydrogen-bond donors (Lipinski definition) is 0. The predicted molar refractivity (Wildman–Crippen MR) is 86.3 cm³/mol. The van der Waals surface area contributed by atoms with Gasteiger partial charge < -0.3 is 0 Å². The van der Waals surface area contributed by atoms with Crippen LogP contribution in [0.1, 0.15) is 49.6 Å². The largest absolute Gasteiger partial charge is 0.117 e. The fourth-order valence-electron chi connectivity index (χ4n) is 2.99. The third-order valence-electron chi connectivity index (χ3n) is 4.27. The third kappa shape index (κ3) is 2.81. The van der Waals surface area contributed by atoms with E-state index in [0.717, 1.165) is 8.95 Å². The molecule has 0 saturated heterocycles. The maximum atomic E-state index is 6.78. The first-order valence-corrected chi connectivity index (χ1v) is 8.45. The average molecular weight is 395 g/mol. The topological polar surface area (TPSA) is 0 Å². The molecule has 100 valence electrons. The van der Waals surface area contributed by atoms with Crippen LogP contribution in [0.25, 0.3) is 0 Å². The van der Waals surface area contributed by atoms with E-state index in [9.17, 15) is 0 Å². The Morgan fingerprint density at radius 3 is 2.50 bits per heavy atom. The molecule has 0 heterocycles. The van der Waals surface area contributed by atoms with Crippen LogP contribution in [0, 0.1) is 18.3 Å². The van der Waals surface area contributed by atoms with Gasteiger partial charge in [-0.15, -0.1) is 11.6 Å². The summed E-state index contributed by atoms with van der Waals surface area (Å²) in [6, 6.07) is 4.32. The van der Waals surface area contributed by atoms with Crippen LogP contribution in [-0.4, -0.2) is 0 Å². The summed E-state index contributed by atoms with van der Waals surface area (Å²) in [5.74, 6) is 0.560. The Hall–Kier alpha value is 0.470. The highest BCUT2D eigenvalue weighted by Gasteiger charge is 2.39. The number of alkyl halides is 1. The molecule has 0 amide bonds. The number of rotatable bonds is 2. The van der Waals surface area contributed by atoms with E-state index in [1.807, 2.05) is 0 Å². The maximum absolute atomic E-state index is 6.78. The standard InChI is InChI=1S/C15H19Br2Cl/c1-9-7-13(17)10(8-12(9)16)14(18)11-5-4-6-15(11,2)3/h7-8,11,14H,4-6H2,1-3H3. The van der Waals surface area contributed by atoms with Crippen LogP contribution < -0.4 is 0 Å². The minimum atomic E-state index is 0.0915. The Labute approximate surface area is 132 Å². The molecule has 0 bridgehead atoms. The molecule has 18 heavy (non-hydrogen) atoms. The van der Waals surface area contributed by atoms with Crippen molar-refractivity contribution >= 4 is 43.5 Å². The Morgan fingerprint density at radius 1 is 1.28 bits per heavy atom. The predicted octanol–water partition coefficient (Wildman–Crippen LogP) is 6.63. The third-order valence-corrected chi connectivity index (χ3v) is 6.35. The molecular weight excluding hydrogens is 375 g/mol. The summed E-state index contributed by atoms with van der Waals surface area (Å²) >= 11 is 14.0. The first kappa shape index (κ1) is 14.9. The Bertz CT molecular complexity index is 454. The van der Waals surface area contributed by atoms with Crippen LogP contribution in [0.5, 0.6) is 0 Å². The molecule has 2 atom stereocenters. The van der Waals surface area contributed by atoms with Gasteiger partial charge in [0.1, 0.15) is 0 Å². The number of halogens is 3. The highest BCUT2D eigenvalue weighted by Crippen LogP contribution is 2.52. The molecule has 0 N–H and O–H groups in total. The van der Waals surface area contributed by atoms with E-state index in [2.05, 4.69) is 64.8 Å². The highest BCUT2D eigenvalue weighted by molar-refractivity contribution is 9.11. The van der Waals surface area contributed by atoms with E-state index in [0.29, 0.717) is 11.3 Å². The SMILES string of the molecule is Cc1cc(Br)c(C(Cl)C2CCCC2(C)C)cc1Br. The van der Waals surface area contributed by atoms with Gasteiger partial charge in [-0.05, 0) is 54.4 Å². The van der Waals surface area contributed by atoms with Crippen molar-refractivity contribution in [2.75, 3.05) is 0 Å². The highest BCUT2D eigenvalue weighted by atomic mass is 79.9. The molecule has 1 fully saturated rings. The van der Waals surface area contributed by atoms with Gasteiger partial charge in [-0.25, -0.2) is 0 Å². The molecule has 0 aliphatic heterocycles. The quantitative estimate of drug-likeness (QED) is 0.494. The van der Waals surface area contributed by atoms with Crippen LogP contribution in [0.3, 0.4) is 0 Å². The van der Waals surface area contributed by atoms with Crippen molar-refractivity contribution in [2.45, 2.75) is 45.4 Å². The van der Waals surface area contributed by atoms with Gasteiger partial charge in [-0.2, -0.15) is 0 Å². The molecule has 1 aromatic rings. The van der Waals surface area contributed by atoms with Gasteiger partial charge in [-0.3, -0.25) is 0 Å². The molecule has 0 aromatic heterocycles. The second-order valence-electron chi connectivity index (χ2n) is 6.01. The molecule has 1 saturated carbocycles. The van der Waals surface area contributed by atoms with E-state index < -0.39 is 0 Å². The first-order valence-electron chi connectivity index (χ1n) is 6.42. The summed E-state index contributed by atoms with van der Waals surface area (Å²) in [4.78, 5) is 0. The fourth-order valence-corrected chi connectivity index (χ4v) is 4.83.